The minimum atomic E-state index is 0. The van der Waals surface area contributed by atoms with Crippen LogP contribution in [0, 0.1) is 0 Å². The molecule has 0 saturated heterocycles. The van der Waals surface area contributed by atoms with Gasteiger partial charge in [0, 0.05) is 32.6 Å². The Bertz CT molecular complexity index is 748. The van der Waals surface area contributed by atoms with E-state index in [1.807, 2.05) is 19.2 Å². The Morgan fingerprint density at radius 3 is 2.58 bits per heavy atom. The molecule has 5 heteroatoms. The summed E-state index contributed by atoms with van der Waals surface area (Å²) in [4.78, 5) is 6.82. The van der Waals surface area contributed by atoms with E-state index in [4.69, 9.17) is 4.74 Å². The number of guanidine groups is 1. The first kappa shape index (κ1) is 20.6. The molecule has 1 aliphatic rings. The van der Waals surface area contributed by atoms with Crippen LogP contribution in [0.4, 0.5) is 0 Å². The first-order valence-corrected chi connectivity index (χ1v) is 8.88. The minimum Gasteiger partial charge on any atom is -0.496 e. The normalized spacial score (nSPS) is 14.9. The first-order chi connectivity index (χ1) is 12.2. The molecule has 140 valence electrons. The number of benzene rings is 2. The Morgan fingerprint density at radius 1 is 1.15 bits per heavy atom. The number of fused-ring (bicyclic) bond motifs is 1. The number of rotatable bonds is 4. The molecular weight excluding hydrogens is 437 g/mol. The predicted octanol–water partition coefficient (Wildman–Crippen LogP) is 4.05. The van der Waals surface area contributed by atoms with Gasteiger partial charge in [-0.25, -0.2) is 0 Å². The van der Waals surface area contributed by atoms with Crippen molar-refractivity contribution in [3.8, 4) is 5.75 Å². The summed E-state index contributed by atoms with van der Waals surface area (Å²) in [5.41, 5.74) is 4.07. The minimum absolute atomic E-state index is 0. The fourth-order valence-corrected chi connectivity index (χ4v) is 3.44. The molecule has 1 atom stereocenters. The quantitative estimate of drug-likeness (QED) is 0.421. The van der Waals surface area contributed by atoms with Gasteiger partial charge in [-0.3, -0.25) is 4.99 Å². The zero-order valence-electron chi connectivity index (χ0n) is 15.7. The molecular formula is C21H28IN3O. The molecule has 26 heavy (non-hydrogen) atoms. The molecule has 0 saturated carbocycles. The van der Waals surface area contributed by atoms with Gasteiger partial charge in [-0.15, -0.1) is 24.0 Å². The molecule has 0 aromatic heterocycles. The van der Waals surface area contributed by atoms with E-state index in [1.165, 1.54) is 16.7 Å². The lowest BCUT2D eigenvalue weighted by atomic mass is 9.99. The van der Waals surface area contributed by atoms with Gasteiger partial charge >= 0.3 is 0 Å². The number of hydrogen-bond acceptors (Lipinski definition) is 2. The smallest absolute Gasteiger partial charge is 0.193 e. The third-order valence-corrected chi connectivity index (χ3v) is 4.88. The average Bonchev–Trinajstić information content (AvgIpc) is 2.68. The van der Waals surface area contributed by atoms with Crippen molar-refractivity contribution in [3.05, 3.63) is 65.2 Å². The molecule has 3 rings (SSSR count). The van der Waals surface area contributed by atoms with Crippen molar-refractivity contribution in [2.24, 2.45) is 4.99 Å². The molecule has 0 radical (unpaired) electrons. The number of halogens is 1. The fourth-order valence-electron chi connectivity index (χ4n) is 3.44. The molecule has 0 spiro atoms. The zero-order chi connectivity index (χ0) is 17.6. The molecule has 0 amide bonds. The lowest BCUT2D eigenvalue weighted by Gasteiger charge is -2.32. The molecule has 4 nitrogen and oxygen atoms in total. The summed E-state index contributed by atoms with van der Waals surface area (Å²) in [6.07, 6.45) is 1.07. The summed E-state index contributed by atoms with van der Waals surface area (Å²) < 4.78 is 5.49. The van der Waals surface area contributed by atoms with Crippen molar-refractivity contribution >= 4 is 29.9 Å². The van der Waals surface area contributed by atoms with Gasteiger partial charge in [0.15, 0.2) is 5.96 Å². The van der Waals surface area contributed by atoms with Gasteiger partial charge in [0.2, 0.25) is 0 Å². The van der Waals surface area contributed by atoms with Gasteiger partial charge < -0.3 is 15.0 Å². The van der Waals surface area contributed by atoms with Crippen molar-refractivity contribution in [1.82, 2.24) is 10.2 Å². The molecule has 0 bridgehead atoms. The molecule has 2 aromatic rings. The average molecular weight is 465 g/mol. The molecule has 1 N–H and O–H groups in total. The largest absolute Gasteiger partial charge is 0.496 e. The monoisotopic (exact) mass is 465 g/mol. The third-order valence-electron chi connectivity index (χ3n) is 4.88. The maximum atomic E-state index is 5.49. The van der Waals surface area contributed by atoms with Crippen LogP contribution in [0.2, 0.25) is 0 Å². The number of para-hydroxylation sites is 1. The predicted molar refractivity (Wildman–Crippen MR) is 119 cm³/mol. The number of hydrogen-bond donors (Lipinski definition) is 1. The Hall–Kier alpha value is -1.76. The Balaban J connectivity index is 0.00000243. The van der Waals surface area contributed by atoms with Crippen LogP contribution in [0.25, 0.3) is 0 Å². The summed E-state index contributed by atoms with van der Waals surface area (Å²) in [5, 5.41) is 3.54. The van der Waals surface area contributed by atoms with Crippen LogP contribution in [0.3, 0.4) is 0 Å². The molecule has 0 aliphatic carbocycles. The van der Waals surface area contributed by atoms with Gasteiger partial charge in [0.25, 0.3) is 0 Å². The lowest BCUT2D eigenvalue weighted by Crippen LogP contribution is -2.45. The van der Waals surface area contributed by atoms with Crippen LogP contribution >= 0.6 is 24.0 Å². The van der Waals surface area contributed by atoms with Crippen LogP contribution in [0.5, 0.6) is 5.75 Å². The van der Waals surface area contributed by atoms with Crippen LogP contribution in [-0.4, -0.2) is 38.1 Å². The second-order valence-corrected chi connectivity index (χ2v) is 6.51. The van der Waals surface area contributed by atoms with Gasteiger partial charge in [-0.1, -0.05) is 49.4 Å². The zero-order valence-corrected chi connectivity index (χ0v) is 18.1. The standard InChI is InChI=1S/C21H27N3O.HI/c1-16(19-10-6-7-11-20(19)25-3)14-23-21(22-2)24-13-12-17-8-4-5-9-18(17)15-24;/h4-11,16H,12-15H2,1-3H3,(H,22,23);1H. The first-order valence-electron chi connectivity index (χ1n) is 8.88. The van der Waals surface area contributed by atoms with Gasteiger partial charge in [0.1, 0.15) is 5.75 Å². The van der Waals surface area contributed by atoms with Crippen LogP contribution in [0.15, 0.2) is 53.5 Å². The topological polar surface area (TPSA) is 36.9 Å². The summed E-state index contributed by atoms with van der Waals surface area (Å²) in [6.45, 7) is 4.95. The van der Waals surface area contributed by atoms with Crippen molar-refractivity contribution < 1.29 is 4.74 Å². The third kappa shape index (κ3) is 4.69. The second kappa shape index (κ2) is 9.80. The number of nitrogens with zero attached hydrogens (tertiary/aromatic N) is 2. The highest BCUT2D eigenvalue weighted by molar-refractivity contribution is 14.0. The Morgan fingerprint density at radius 2 is 1.85 bits per heavy atom. The maximum Gasteiger partial charge on any atom is 0.193 e. The van der Waals surface area contributed by atoms with Crippen molar-refractivity contribution in [2.75, 3.05) is 27.2 Å². The molecule has 1 heterocycles. The van der Waals surface area contributed by atoms with E-state index in [0.29, 0.717) is 5.92 Å². The Kier molecular flexibility index (Phi) is 7.75. The van der Waals surface area contributed by atoms with E-state index < -0.39 is 0 Å². The highest BCUT2D eigenvalue weighted by Gasteiger charge is 2.19. The van der Waals surface area contributed by atoms with E-state index >= 15 is 0 Å². The van der Waals surface area contributed by atoms with Crippen LogP contribution in [-0.2, 0) is 13.0 Å². The summed E-state index contributed by atoms with van der Waals surface area (Å²) >= 11 is 0. The maximum absolute atomic E-state index is 5.49. The molecule has 0 fully saturated rings. The number of ether oxygens (including phenoxy) is 1. The van der Waals surface area contributed by atoms with E-state index in [-0.39, 0.29) is 24.0 Å². The van der Waals surface area contributed by atoms with Crippen LogP contribution < -0.4 is 10.1 Å². The number of aliphatic imine (C=N–C) groups is 1. The van der Waals surface area contributed by atoms with Gasteiger partial charge in [-0.2, -0.15) is 0 Å². The highest BCUT2D eigenvalue weighted by Crippen LogP contribution is 2.25. The summed E-state index contributed by atoms with van der Waals surface area (Å²) in [6, 6.07) is 16.9. The lowest BCUT2D eigenvalue weighted by molar-refractivity contribution is 0.376. The van der Waals surface area contributed by atoms with E-state index in [2.05, 4.69) is 58.5 Å². The fraction of sp³-hybridized carbons (Fsp3) is 0.381. The van der Waals surface area contributed by atoms with Gasteiger partial charge in [-0.05, 0) is 29.2 Å². The van der Waals surface area contributed by atoms with Crippen molar-refractivity contribution in [1.29, 1.82) is 0 Å². The van der Waals surface area contributed by atoms with E-state index in [0.717, 1.165) is 37.8 Å². The Labute approximate surface area is 173 Å². The van der Waals surface area contributed by atoms with Gasteiger partial charge in [0.05, 0.1) is 7.11 Å². The van der Waals surface area contributed by atoms with E-state index in [1.54, 1.807) is 7.11 Å². The number of methoxy groups -OCH3 is 1. The number of nitrogens with one attached hydrogen (secondary N) is 1. The van der Waals surface area contributed by atoms with Crippen molar-refractivity contribution in [2.45, 2.75) is 25.8 Å². The summed E-state index contributed by atoms with van der Waals surface area (Å²) in [7, 11) is 3.58. The van der Waals surface area contributed by atoms with E-state index in [9.17, 15) is 0 Å². The second-order valence-electron chi connectivity index (χ2n) is 6.51. The molecule has 1 aliphatic heterocycles. The molecule has 2 aromatic carbocycles. The highest BCUT2D eigenvalue weighted by atomic mass is 127. The van der Waals surface area contributed by atoms with Crippen molar-refractivity contribution in [3.63, 3.8) is 0 Å². The SMILES string of the molecule is CN=C(NCC(C)c1ccccc1OC)N1CCc2ccccc2C1.I. The molecule has 1 unspecified atom stereocenters. The van der Waals surface area contributed by atoms with Crippen LogP contribution in [0.1, 0.15) is 29.5 Å². The summed E-state index contributed by atoms with van der Waals surface area (Å²) in [5.74, 6) is 2.25.